The maximum Gasteiger partial charge on any atom is 0.226 e. The molecular formula is C14H18N4O. The number of anilines is 2. The number of aromatic nitrogens is 2. The van der Waals surface area contributed by atoms with Crippen molar-refractivity contribution in [3.63, 3.8) is 0 Å². The molecule has 0 spiro atoms. The van der Waals surface area contributed by atoms with Crippen molar-refractivity contribution < 1.29 is 4.74 Å². The van der Waals surface area contributed by atoms with E-state index in [1.165, 1.54) is 5.56 Å². The van der Waals surface area contributed by atoms with Gasteiger partial charge in [-0.1, -0.05) is 6.07 Å². The van der Waals surface area contributed by atoms with E-state index in [1.54, 1.807) is 13.1 Å². The van der Waals surface area contributed by atoms with Crippen molar-refractivity contribution >= 4 is 11.8 Å². The monoisotopic (exact) mass is 258 g/mol. The molecule has 0 amide bonds. The Morgan fingerprint density at radius 1 is 1.11 bits per heavy atom. The maximum atomic E-state index is 5.82. The van der Waals surface area contributed by atoms with Crippen molar-refractivity contribution in [3.05, 3.63) is 34.9 Å². The number of rotatable bonds is 3. The molecule has 0 fully saturated rings. The Labute approximate surface area is 112 Å². The predicted octanol–water partition coefficient (Wildman–Crippen LogP) is 2.82. The van der Waals surface area contributed by atoms with Gasteiger partial charge in [0.2, 0.25) is 11.8 Å². The lowest BCUT2D eigenvalue weighted by Crippen LogP contribution is -2.02. The van der Waals surface area contributed by atoms with Crippen LogP contribution in [0.3, 0.4) is 0 Å². The van der Waals surface area contributed by atoms with Gasteiger partial charge in [0.1, 0.15) is 11.6 Å². The molecule has 0 bridgehead atoms. The lowest BCUT2D eigenvalue weighted by atomic mass is 10.1. The minimum atomic E-state index is 0.184. The van der Waals surface area contributed by atoms with Crippen molar-refractivity contribution in [2.75, 3.05) is 18.1 Å². The van der Waals surface area contributed by atoms with Crippen LogP contribution in [0.15, 0.2) is 18.2 Å². The molecule has 0 radical (unpaired) electrons. The zero-order valence-corrected chi connectivity index (χ0v) is 11.6. The molecule has 5 nitrogen and oxygen atoms in total. The van der Waals surface area contributed by atoms with Gasteiger partial charge in [0.25, 0.3) is 0 Å². The number of nitrogens with two attached hydrogens (primary N) is 1. The molecule has 0 saturated carbocycles. The molecule has 3 N–H and O–H groups in total. The van der Waals surface area contributed by atoms with Gasteiger partial charge in [-0.25, -0.2) is 0 Å². The molecule has 0 saturated heterocycles. The van der Waals surface area contributed by atoms with Crippen LogP contribution in [0, 0.1) is 20.8 Å². The molecule has 1 heterocycles. The molecule has 5 heteroatoms. The summed E-state index contributed by atoms with van der Waals surface area (Å²) in [6.45, 7) is 6.11. The van der Waals surface area contributed by atoms with Gasteiger partial charge in [0.15, 0.2) is 0 Å². The van der Waals surface area contributed by atoms with Gasteiger partial charge in [-0.2, -0.15) is 9.97 Å². The number of hydrogen-bond acceptors (Lipinski definition) is 5. The Bertz CT molecular complexity index is 611. The van der Waals surface area contributed by atoms with E-state index in [9.17, 15) is 0 Å². The average molecular weight is 258 g/mol. The first kappa shape index (κ1) is 13.1. The summed E-state index contributed by atoms with van der Waals surface area (Å²) in [5.74, 6) is 2.04. The highest BCUT2D eigenvalue weighted by atomic mass is 16.5. The number of nitrogens with zero attached hydrogens (tertiary/aromatic N) is 2. The molecule has 1 aromatic heterocycles. The second kappa shape index (κ2) is 5.14. The summed E-state index contributed by atoms with van der Waals surface area (Å²) < 4.78 is 5.82. The van der Waals surface area contributed by atoms with Gasteiger partial charge in [-0.05, 0) is 43.5 Å². The molecule has 1 aromatic carbocycles. The Hall–Kier alpha value is -2.30. The first-order valence-corrected chi connectivity index (χ1v) is 6.07. The van der Waals surface area contributed by atoms with E-state index >= 15 is 0 Å². The van der Waals surface area contributed by atoms with Crippen molar-refractivity contribution in [2.24, 2.45) is 0 Å². The number of nitrogens with one attached hydrogen (secondary N) is 1. The lowest BCUT2D eigenvalue weighted by molar-refractivity contribution is 0.458. The van der Waals surface area contributed by atoms with E-state index in [0.717, 1.165) is 16.9 Å². The van der Waals surface area contributed by atoms with E-state index in [1.807, 2.05) is 19.9 Å². The van der Waals surface area contributed by atoms with Crippen molar-refractivity contribution in [2.45, 2.75) is 20.8 Å². The fraction of sp³-hybridized carbons (Fsp3) is 0.286. The summed E-state index contributed by atoms with van der Waals surface area (Å²) in [5.41, 5.74) is 9.07. The van der Waals surface area contributed by atoms with Gasteiger partial charge in [0, 0.05) is 13.1 Å². The SMILES string of the molecule is CNc1cc(Oc2cc(C)cc(C)c2C)nc(N)n1. The second-order valence-corrected chi connectivity index (χ2v) is 4.51. The van der Waals surface area contributed by atoms with E-state index < -0.39 is 0 Å². The third-order valence-corrected chi connectivity index (χ3v) is 2.95. The molecule has 0 aliphatic heterocycles. The molecule has 0 unspecified atom stereocenters. The molecule has 100 valence electrons. The number of benzene rings is 1. The van der Waals surface area contributed by atoms with E-state index in [-0.39, 0.29) is 5.95 Å². The van der Waals surface area contributed by atoms with Crippen LogP contribution < -0.4 is 15.8 Å². The summed E-state index contributed by atoms with van der Waals surface area (Å²) in [4.78, 5) is 8.11. The molecule has 2 aromatic rings. The largest absolute Gasteiger partial charge is 0.438 e. The van der Waals surface area contributed by atoms with Crippen molar-refractivity contribution in [1.82, 2.24) is 9.97 Å². The normalized spacial score (nSPS) is 10.3. The summed E-state index contributed by atoms with van der Waals surface area (Å²) in [6, 6.07) is 5.82. The van der Waals surface area contributed by atoms with E-state index in [4.69, 9.17) is 10.5 Å². The minimum absolute atomic E-state index is 0.184. The molecular weight excluding hydrogens is 240 g/mol. The maximum absolute atomic E-state index is 5.82. The summed E-state index contributed by atoms with van der Waals surface area (Å²) in [6.07, 6.45) is 0. The molecule has 0 aliphatic carbocycles. The standard InChI is InChI=1S/C14H18N4O/c1-8-5-9(2)10(3)11(6-8)19-13-7-12(16-4)17-14(15)18-13/h5-7H,1-4H3,(H3,15,16,17,18). The van der Waals surface area contributed by atoms with Crippen LogP contribution in [0.25, 0.3) is 0 Å². The predicted molar refractivity (Wildman–Crippen MR) is 76.7 cm³/mol. The van der Waals surface area contributed by atoms with Gasteiger partial charge in [0.05, 0.1) is 0 Å². The first-order valence-electron chi connectivity index (χ1n) is 6.07. The summed E-state index contributed by atoms with van der Waals surface area (Å²) in [7, 11) is 1.77. The highest BCUT2D eigenvalue weighted by Crippen LogP contribution is 2.28. The zero-order chi connectivity index (χ0) is 14.0. The number of aryl methyl sites for hydroxylation is 2. The Morgan fingerprint density at radius 3 is 2.53 bits per heavy atom. The fourth-order valence-electron chi connectivity index (χ4n) is 1.84. The smallest absolute Gasteiger partial charge is 0.226 e. The molecule has 0 atom stereocenters. The van der Waals surface area contributed by atoms with Crippen LogP contribution in [0.4, 0.5) is 11.8 Å². The Balaban J connectivity index is 2.38. The number of nitrogen functional groups attached to an aromatic ring is 1. The van der Waals surface area contributed by atoms with Crippen molar-refractivity contribution in [3.8, 4) is 11.6 Å². The average Bonchev–Trinajstić information content (AvgIpc) is 2.34. The minimum Gasteiger partial charge on any atom is -0.438 e. The summed E-state index contributed by atoms with van der Waals surface area (Å²) >= 11 is 0. The fourth-order valence-corrected chi connectivity index (χ4v) is 1.84. The Morgan fingerprint density at radius 2 is 1.84 bits per heavy atom. The van der Waals surface area contributed by atoms with E-state index in [2.05, 4.69) is 28.3 Å². The molecule has 2 rings (SSSR count). The highest BCUT2D eigenvalue weighted by Gasteiger charge is 2.08. The molecule has 0 aliphatic rings. The first-order chi connectivity index (χ1) is 8.99. The number of ether oxygens (including phenoxy) is 1. The third-order valence-electron chi connectivity index (χ3n) is 2.95. The van der Waals surface area contributed by atoms with Gasteiger partial charge >= 0.3 is 0 Å². The van der Waals surface area contributed by atoms with Crippen molar-refractivity contribution in [1.29, 1.82) is 0 Å². The van der Waals surface area contributed by atoms with Crippen LogP contribution in [0.2, 0.25) is 0 Å². The van der Waals surface area contributed by atoms with Crippen LogP contribution in [0.1, 0.15) is 16.7 Å². The van der Waals surface area contributed by atoms with Gasteiger partial charge in [-0.15, -0.1) is 0 Å². The summed E-state index contributed by atoms with van der Waals surface area (Å²) in [5, 5.41) is 2.92. The van der Waals surface area contributed by atoms with Crippen LogP contribution >= 0.6 is 0 Å². The van der Waals surface area contributed by atoms with Gasteiger partial charge in [-0.3, -0.25) is 0 Å². The van der Waals surface area contributed by atoms with Crippen LogP contribution in [-0.2, 0) is 0 Å². The van der Waals surface area contributed by atoms with Crippen LogP contribution in [0.5, 0.6) is 11.6 Å². The number of hydrogen-bond donors (Lipinski definition) is 2. The third kappa shape index (κ3) is 2.93. The van der Waals surface area contributed by atoms with Crippen LogP contribution in [-0.4, -0.2) is 17.0 Å². The topological polar surface area (TPSA) is 73.1 Å². The quantitative estimate of drug-likeness (QED) is 0.885. The molecule has 19 heavy (non-hydrogen) atoms. The second-order valence-electron chi connectivity index (χ2n) is 4.51. The lowest BCUT2D eigenvalue weighted by Gasteiger charge is -2.12. The zero-order valence-electron chi connectivity index (χ0n) is 11.6. The Kier molecular flexibility index (Phi) is 3.55. The van der Waals surface area contributed by atoms with E-state index in [0.29, 0.717) is 11.7 Å². The highest BCUT2D eigenvalue weighted by molar-refractivity contribution is 5.47. The van der Waals surface area contributed by atoms with Gasteiger partial charge < -0.3 is 15.8 Å².